The van der Waals surface area contributed by atoms with Crippen molar-refractivity contribution in [1.82, 2.24) is 31.4 Å². The molecule has 0 radical (unpaired) electrons. The number of carbonyl (C=O) groups is 4. The Hall–Kier alpha value is -4.81. The van der Waals surface area contributed by atoms with E-state index in [4.69, 9.17) is 4.74 Å². The molecule has 0 spiro atoms. The average molecular weight is 703 g/mol. The third-order valence-corrected chi connectivity index (χ3v) is 8.56. The second-order valence-electron chi connectivity index (χ2n) is 14.9. The average Bonchev–Trinajstić information content (AvgIpc) is 3.08. The number of hydrogen-bond acceptors (Lipinski definition) is 8. The number of hydrazine groups is 1. The van der Waals surface area contributed by atoms with Gasteiger partial charge in [-0.15, -0.1) is 0 Å². The first-order valence-corrected chi connectivity index (χ1v) is 17.2. The van der Waals surface area contributed by atoms with Gasteiger partial charge in [-0.2, -0.15) is 0 Å². The van der Waals surface area contributed by atoms with E-state index >= 15 is 0 Å². The molecule has 0 saturated heterocycles. The molecule has 3 atom stereocenters. The monoisotopic (exact) mass is 702 g/mol. The zero-order valence-electron chi connectivity index (χ0n) is 31.1. The Bertz CT molecular complexity index is 1590. The van der Waals surface area contributed by atoms with Gasteiger partial charge in [0, 0.05) is 38.3 Å². The van der Waals surface area contributed by atoms with Gasteiger partial charge in [-0.3, -0.25) is 24.8 Å². The van der Waals surface area contributed by atoms with Crippen molar-refractivity contribution in [2.45, 2.75) is 85.0 Å². The fourth-order valence-electron chi connectivity index (χ4n) is 5.65. The molecule has 0 aliphatic carbocycles. The molecule has 12 nitrogen and oxygen atoms in total. The van der Waals surface area contributed by atoms with Crippen molar-refractivity contribution < 1.29 is 29.0 Å². The number of nitrogens with one attached hydrogen (secondary N) is 4. The topological polar surface area (TPSA) is 162 Å². The summed E-state index contributed by atoms with van der Waals surface area (Å²) in [6, 6.07) is 20.9. The summed E-state index contributed by atoms with van der Waals surface area (Å²) in [5.74, 6) is -1.48. The van der Waals surface area contributed by atoms with Gasteiger partial charge in [-0.25, -0.2) is 9.80 Å². The van der Waals surface area contributed by atoms with Gasteiger partial charge in [0.25, 0.3) is 11.8 Å². The molecule has 1 heterocycles. The summed E-state index contributed by atoms with van der Waals surface area (Å²) in [5, 5.41) is 21.8. The van der Waals surface area contributed by atoms with Gasteiger partial charge in [0.15, 0.2) is 0 Å². The lowest BCUT2D eigenvalue weighted by Gasteiger charge is -2.35. The summed E-state index contributed by atoms with van der Waals surface area (Å²) in [4.78, 5) is 57.0. The molecule has 0 aliphatic heterocycles. The number of pyridine rings is 1. The van der Waals surface area contributed by atoms with E-state index in [2.05, 4.69) is 26.4 Å². The van der Waals surface area contributed by atoms with Crippen molar-refractivity contribution in [3.63, 3.8) is 0 Å². The highest BCUT2D eigenvalue weighted by molar-refractivity contribution is 5.92. The number of aromatic nitrogens is 1. The van der Waals surface area contributed by atoms with Gasteiger partial charge in [0.05, 0.1) is 12.8 Å². The first kappa shape index (κ1) is 40.6. The Morgan fingerprint density at radius 3 is 1.96 bits per heavy atom. The van der Waals surface area contributed by atoms with Crippen LogP contribution in [0.2, 0.25) is 0 Å². The van der Waals surface area contributed by atoms with E-state index in [-0.39, 0.29) is 38.3 Å². The van der Waals surface area contributed by atoms with E-state index in [0.717, 1.165) is 22.4 Å². The molecule has 4 amide bonds. The summed E-state index contributed by atoms with van der Waals surface area (Å²) in [6.45, 7) is 11.5. The van der Waals surface area contributed by atoms with E-state index in [1.165, 1.54) is 14.2 Å². The van der Waals surface area contributed by atoms with Crippen molar-refractivity contribution in [3.05, 3.63) is 90.1 Å². The Labute approximate surface area is 301 Å². The van der Waals surface area contributed by atoms with Crippen molar-refractivity contribution in [1.29, 1.82) is 0 Å². The summed E-state index contributed by atoms with van der Waals surface area (Å²) in [5.41, 5.74) is 3.21. The standard InChI is InChI=1S/C39H54N6O6/c1-37(2,3)31(33(46)40-7)42-35(48)39(50,25-27-15-10-9-11-16-27)22-14-24-45(44-34(47)32(38(4,5)6)43-36(49)51-8)26-28-18-20-29(21-19-28)30-17-12-13-23-41-30/h9-13,15-21,23,31-32,50H,14,22,24-26H2,1-8H3,(H,40,46)(H,42,48)(H,43,49)(H,44,47)/t31-,32-,39-/m1/s1. The van der Waals surface area contributed by atoms with Gasteiger partial charge in [0.2, 0.25) is 5.91 Å². The number of rotatable bonds is 15. The molecular weight excluding hydrogens is 648 g/mol. The maximum Gasteiger partial charge on any atom is 0.407 e. The van der Waals surface area contributed by atoms with Gasteiger partial charge in [-0.1, -0.05) is 102 Å². The van der Waals surface area contributed by atoms with Gasteiger partial charge >= 0.3 is 6.09 Å². The number of methoxy groups -OCH3 is 1. The highest BCUT2D eigenvalue weighted by atomic mass is 16.5. The quantitative estimate of drug-likeness (QED) is 0.146. The maximum absolute atomic E-state index is 13.9. The van der Waals surface area contributed by atoms with Crippen LogP contribution in [0.1, 0.15) is 65.5 Å². The number of likely N-dealkylation sites (N-methyl/N-ethyl adjacent to an activating group) is 1. The predicted molar refractivity (Wildman–Crippen MR) is 197 cm³/mol. The molecule has 12 heteroatoms. The first-order valence-electron chi connectivity index (χ1n) is 17.2. The summed E-state index contributed by atoms with van der Waals surface area (Å²) in [7, 11) is 2.74. The normalized spacial score (nSPS) is 14.1. The number of carbonyl (C=O) groups excluding carboxylic acids is 4. The fourth-order valence-corrected chi connectivity index (χ4v) is 5.65. The van der Waals surface area contributed by atoms with Crippen LogP contribution in [-0.2, 0) is 32.1 Å². The van der Waals surface area contributed by atoms with Crippen molar-refractivity contribution in [3.8, 4) is 11.3 Å². The first-order chi connectivity index (χ1) is 24.0. The number of hydrogen-bond donors (Lipinski definition) is 5. The SMILES string of the molecule is CNC(=O)[C@@H](NC(=O)[C@@](O)(CCCN(Cc1ccc(-c2ccccn2)cc1)NC(=O)[C@@H](NC(=O)OC)C(C)(C)C)Cc1ccccc1)C(C)(C)C. The van der Waals surface area contributed by atoms with Crippen LogP contribution < -0.4 is 21.4 Å². The maximum atomic E-state index is 13.9. The Morgan fingerprint density at radius 2 is 1.41 bits per heavy atom. The smallest absolute Gasteiger partial charge is 0.407 e. The Morgan fingerprint density at radius 1 is 0.804 bits per heavy atom. The molecule has 2 aromatic carbocycles. The summed E-state index contributed by atoms with van der Waals surface area (Å²) in [6.07, 6.45) is 1.32. The van der Waals surface area contributed by atoms with E-state index in [0.29, 0.717) is 0 Å². The third kappa shape index (κ3) is 12.2. The molecule has 1 aromatic heterocycles. The lowest BCUT2D eigenvalue weighted by Crippen LogP contribution is -2.59. The van der Waals surface area contributed by atoms with Crippen LogP contribution in [0.15, 0.2) is 79.0 Å². The molecule has 0 bridgehead atoms. The molecule has 51 heavy (non-hydrogen) atoms. The van der Waals surface area contributed by atoms with Crippen LogP contribution in [0.4, 0.5) is 4.79 Å². The zero-order valence-corrected chi connectivity index (χ0v) is 31.1. The number of nitrogens with zero attached hydrogens (tertiary/aromatic N) is 2. The number of amides is 4. The summed E-state index contributed by atoms with van der Waals surface area (Å²) < 4.78 is 4.78. The third-order valence-electron chi connectivity index (χ3n) is 8.56. The molecule has 3 aromatic rings. The van der Waals surface area contributed by atoms with Crippen LogP contribution in [0, 0.1) is 10.8 Å². The molecule has 3 rings (SSSR count). The number of ether oxygens (including phenoxy) is 1. The van der Waals surface area contributed by atoms with Crippen LogP contribution in [-0.4, -0.2) is 77.3 Å². The van der Waals surface area contributed by atoms with Crippen molar-refractivity contribution in [2.75, 3.05) is 20.7 Å². The minimum absolute atomic E-state index is 0.0147. The number of alkyl carbamates (subject to hydrolysis) is 1. The predicted octanol–water partition coefficient (Wildman–Crippen LogP) is 4.38. The number of benzene rings is 2. The molecule has 0 aliphatic rings. The molecule has 0 saturated carbocycles. The second-order valence-corrected chi connectivity index (χ2v) is 14.9. The van der Waals surface area contributed by atoms with Crippen LogP contribution in [0.3, 0.4) is 0 Å². The lowest BCUT2D eigenvalue weighted by atomic mass is 9.84. The largest absolute Gasteiger partial charge is 0.453 e. The Kier molecular flexibility index (Phi) is 14.3. The summed E-state index contributed by atoms with van der Waals surface area (Å²) >= 11 is 0. The van der Waals surface area contributed by atoms with Gasteiger partial charge in [-0.05, 0) is 46.9 Å². The van der Waals surface area contributed by atoms with Gasteiger partial charge in [0.1, 0.15) is 17.7 Å². The van der Waals surface area contributed by atoms with Crippen LogP contribution in [0.25, 0.3) is 11.3 Å². The van der Waals surface area contributed by atoms with E-state index in [1.807, 2.05) is 114 Å². The minimum Gasteiger partial charge on any atom is -0.453 e. The highest BCUT2D eigenvalue weighted by Gasteiger charge is 2.41. The van der Waals surface area contributed by atoms with Crippen molar-refractivity contribution in [2.24, 2.45) is 10.8 Å². The van der Waals surface area contributed by atoms with E-state index in [1.54, 1.807) is 11.2 Å². The molecule has 0 unspecified atom stereocenters. The molecular formula is C39H54N6O6. The minimum atomic E-state index is -1.88. The van der Waals surface area contributed by atoms with E-state index < -0.39 is 46.4 Å². The van der Waals surface area contributed by atoms with Gasteiger partial charge < -0.3 is 25.8 Å². The lowest BCUT2D eigenvalue weighted by molar-refractivity contribution is -0.145. The zero-order chi connectivity index (χ0) is 37.8. The Balaban J connectivity index is 1.89. The molecule has 5 N–H and O–H groups in total. The van der Waals surface area contributed by atoms with Crippen LogP contribution in [0.5, 0.6) is 0 Å². The fraction of sp³-hybridized carbons (Fsp3) is 0.462. The van der Waals surface area contributed by atoms with E-state index in [9.17, 15) is 24.3 Å². The van der Waals surface area contributed by atoms with Crippen LogP contribution >= 0.6 is 0 Å². The number of aliphatic hydroxyl groups is 1. The second kappa shape index (κ2) is 17.9. The van der Waals surface area contributed by atoms with Crippen molar-refractivity contribution >= 4 is 23.8 Å². The molecule has 0 fully saturated rings. The highest BCUT2D eigenvalue weighted by Crippen LogP contribution is 2.25. The molecule has 276 valence electrons.